The Morgan fingerprint density at radius 2 is 1.96 bits per heavy atom. The van der Waals surface area contributed by atoms with E-state index >= 15 is 0 Å². The van der Waals surface area contributed by atoms with Gasteiger partial charge in [-0.3, -0.25) is 9.59 Å². The van der Waals surface area contributed by atoms with Gasteiger partial charge in [-0.1, -0.05) is 35.9 Å². The molecule has 0 radical (unpaired) electrons. The number of anilines is 2. The summed E-state index contributed by atoms with van der Waals surface area (Å²) in [5.41, 5.74) is 2.42. The summed E-state index contributed by atoms with van der Waals surface area (Å²) in [7, 11) is 0. The Morgan fingerprint density at radius 1 is 1.22 bits per heavy atom. The number of hydrogen-bond acceptors (Lipinski definition) is 2. The summed E-state index contributed by atoms with van der Waals surface area (Å²) < 4.78 is 0. The van der Waals surface area contributed by atoms with Crippen molar-refractivity contribution >= 4 is 34.8 Å². The van der Waals surface area contributed by atoms with Crippen molar-refractivity contribution in [3.05, 3.63) is 59.1 Å². The molecule has 0 aromatic heterocycles. The second-order valence-corrected chi connectivity index (χ2v) is 6.12. The van der Waals surface area contributed by atoms with Crippen LogP contribution in [0.4, 0.5) is 11.4 Å². The first-order valence-electron chi connectivity index (χ1n) is 7.47. The third-order valence-electron chi connectivity index (χ3n) is 3.95. The number of amides is 2. The molecule has 1 saturated heterocycles. The second-order valence-electron chi connectivity index (χ2n) is 5.71. The minimum Gasteiger partial charge on any atom is -0.324 e. The predicted octanol–water partition coefficient (Wildman–Crippen LogP) is 3.64. The lowest BCUT2D eigenvalue weighted by molar-refractivity contribution is -0.122. The molecular formula is C18H17ClN2O2. The maximum Gasteiger partial charge on any atom is 0.229 e. The molecule has 4 nitrogen and oxygen atoms in total. The number of aryl methyl sites for hydroxylation is 1. The van der Waals surface area contributed by atoms with E-state index in [0.29, 0.717) is 17.3 Å². The summed E-state index contributed by atoms with van der Waals surface area (Å²) >= 11 is 6.14. The summed E-state index contributed by atoms with van der Waals surface area (Å²) in [5.74, 6) is -0.589. The smallest absolute Gasteiger partial charge is 0.229 e. The van der Waals surface area contributed by atoms with E-state index in [2.05, 4.69) is 5.32 Å². The summed E-state index contributed by atoms with van der Waals surface area (Å²) in [6.45, 7) is 2.32. The van der Waals surface area contributed by atoms with E-state index < -0.39 is 0 Å². The van der Waals surface area contributed by atoms with E-state index in [1.165, 1.54) is 0 Å². The second kappa shape index (κ2) is 6.42. The lowest BCUT2D eigenvalue weighted by atomic mass is 10.1. The number of rotatable bonds is 3. The fraction of sp³-hybridized carbons (Fsp3) is 0.222. The van der Waals surface area contributed by atoms with E-state index in [1.54, 1.807) is 17.0 Å². The largest absolute Gasteiger partial charge is 0.324 e. The van der Waals surface area contributed by atoms with Crippen LogP contribution in [0.1, 0.15) is 12.0 Å². The minimum absolute atomic E-state index is 0.0358. The third-order valence-corrected chi connectivity index (χ3v) is 4.26. The van der Waals surface area contributed by atoms with Crippen molar-refractivity contribution in [1.82, 2.24) is 0 Å². The van der Waals surface area contributed by atoms with E-state index in [-0.39, 0.29) is 24.2 Å². The number of para-hydroxylation sites is 1. The van der Waals surface area contributed by atoms with Crippen molar-refractivity contribution in [3.63, 3.8) is 0 Å². The maximum absolute atomic E-state index is 12.4. The van der Waals surface area contributed by atoms with E-state index in [1.807, 2.05) is 43.3 Å². The molecule has 0 spiro atoms. The topological polar surface area (TPSA) is 49.4 Å². The first-order chi connectivity index (χ1) is 11.0. The van der Waals surface area contributed by atoms with E-state index in [0.717, 1.165) is 11.3 Å². The van der Waals surface area contributed by atoms with Gasteiger partial charge in [0.1, 0.15) is 0 Å². The molecule has 1 heterocycles. The number of nitrogens with zero attached hydrogens (tertiary/aromatic N) is 1. The van der Waals surface area contributed by atoms with Crippen LogP contribution < -0.4 is 10.2 Å². The molecule has 118 valence electrons. The van der Waals surface area contributed by atoms with Gasteiger partial charge in [0, 0.05) is 18.7 Å². The molecule has 1 unspecified atom stereocenters. The molecule has 0 saturated carbocycles. The van der Waals surface area contributed by atoms with Gasteiger partial charge in [-0.25, -0.2) is 0 Å². The van der Waals surface area contributed by atoms with Crippen LogP contribution in [0.3, 0.4) is 0 Å². The van der Waals surface area contributed by atoms with Gasteiger partial charge in [0.05, 0.1) is 16.6 Å². The molecule has 23 heavy (non-hydrogen) atoms. The molecule has 2 amide bonds. The van der Waals surface area contributed by atoms with Gasteiger partial charge in [-0.15, -0.1) is 0 Å². The SMILES string of the molecule is Cc1ccc(NC(=O)C2CC(=O)N(c3ccccc3)C2)c(Cl)c1. The van der Waals surface area contributed by atoms with Crippen molar-refractivity contribution in [2.75, 3.05) is 16.8 Å². The Kier molecular flexibility index (Phi) is 4.35. The highest BCUT2D eigenvalue weighted by Crippen LogP contribution is 2.27. The fourth-order valence-corrected chi connectivity index (χ4v) is 2.98. The minimum atomic E-state index is -0.375. The maximum atomic E-state index is 12.4. The molecular weight excluding hydrogens is 312 g/mol. The van der Waals surface area contributed by atoms with Gasteiger partial charge < -0.3 is 10.2 Å². The normalized spacial score (nSPS) is 17.4. The highest BCUT2D eigenvalue weighted by Gasteiger charge is 2.35. The molecule has 1 aliphatic heterocycles. The average Bonchev–Trinajstić information content (AvgIpc) is 2.93. The molecule has 2 aromatic rings. The van der Waals surface area contributed by atoms with Crippen molar-refractivity contribution in [3.8, 4) is 0 Å². The Hall–Kier alpha value is -2.33. The van der Waals surface area contributed by atoms with Crippen LogP contribution in [-0.4, -0.2) is 18.4 Å². The van der Waals surface area contributed by atoms with Gasteiger partial charge in [-0.05, 0) is 36.8 Å². The van der Waals surface area contributed by atoms with Gasteiger partial charge in [-0.2, -0.15) is 0 Å². The number of hydrogen-bond donors (Lipinski definition) is 1. The highest BCUT2D eigenvalue weighted by atomic mass is 35.5. The predicted molar refractivity (Wildman–Crippen MR) is 91.7 cm³/mol. The molecule has 3 rings (SSSR count). The van der Waals surface area contributed by atoms with Crippen molar-refractivity contribution in [1.29, 1.82) is 0 Å². The molecule has 0 aliphatic carbocycles. The fourth-order valence-electron chi connectivity index (χ4n) is 2.70. The average molecular weight is 329 g/mol. The Morgan fingerprint density at radius 3 is 2.65 bits per heavy atom. The third kappa shape index (κ3) is 3.37. The first-order valence-corrected chi connectivity index (χ1v) is 7.85. The van der Waals surface area contributed by atoms with Crippen LogP contribution >= 0.6 is 11.6 Å². The van der Waals surface area contributed by atoms with E-state index in [4.69, 9.17) is 11.6 Å². The summed E-state index contributed by atoms with van der Waals surface area (Å²) in [6, 6.07) is 14.9. The number of halogens is 1. The molecule has 1 aliphatic rings. The molecule has 0 bridgehead atoms. The summed E-state index contributed by atoms with van der Waals surface area (Å²) in [5, 5.41) is 3.32. The van der Waals surface area contributed by atoms with Gasteiger partial charge in [0.15, 0.2) is 0 Å². The Bertz CT molecular complexity index is 746. The number of carbonyl (C=O) groups excluding carboxylic acids is 2. The Labute approximate surface area is 140 Å². The molecule has 1 atom stereocenters. The van der Waals surface area contributed by atoms with Crippen molar-refractivity contribution in [2.45, 2.75) is 13.3 Å². The lowest BCUT2D eigenvalue weighted by Crippen LogP contribution is -2.28. The van der Waals surface area contributed by atoms with Gasteiger partial charge in [0.2, 0.25) is 11.8 Å². The van der Waals surface area contributed by atoms with Crippen LogP contribution in [0, 0.1) is 12.8 Å². The molecule has 2 aromatic carbocycles. The van der Waals surface area contributed by atoms with Gasteiger partial charge in [0.25, 0.3) is 0 Å². The highest BCUT2D eigenvalue weighted by molar-refractivity contribution is 6.33. The van der Waals surface area contributed by atoms with Crippen LogP contribution in [0.2, 0.25) is 5.02 Å². The molecule has 1 fully saturated rings. The van der Waals surface area contributed by atoms with Crippen molar-refractivity contribution < 1.29 is 9.59 Å². The van der Waals surface area contributed by atoms with Crippen LogP contribution in [0.25, 0.3) is 0 Å². The standard InChI is InChI=1S/C18H17ClN2O2/c1-12-7-8-16(15(19)9-12)20-18(23)13-10-17(22)21(11-13)14-5-3-2-4-6-14/h2-9,13H,10-11H2,1H3,(H,20,23). The van der Waals surface area contributed by atoms with Gasteiger partial charge >= 0.3 is 0 Å². The van der Waals surface area contributed by atoms with Crippen LogP contribution in [0.5, 0.6) is 0 Å². The summed E-state index contributed by atoms with van der Waals surface area (Å²) in [6.07, 6.45) is 0.213. The monoisotopic (exact) mass is 328 g/mol. The van der Waals surface area contributed by atoms with E-state index in [9.17, 15) is 9.59 Å². The quantitative estimate of drug-likeness (QED) is 0.935. The number of carbonyl (C=O) groups is 2. The number of benzene rings is 2. The zero-order valence-electron chi connectivity index (χ0n) is 12.8. The molecule has 5 heteroatoms. The Balaban J connectivity index is 1.71. The number of nitrogens with one attached hydrogen (secondary N) is 1. The van der Waals surface area contributed by atoms with Crippen molar-refractivity contribution in [2.24, 2.45) is 5.92 Å². The summed E-state index contributed by atoms with van der Waals surface area (Å²) in [4.78, 5) is 26.3. The first kappa shape index (κ1) is 15.6. The van der Waals surface area contributed by atoms with Crippen LogP contribution in [0.15, 0.2) is 48.5 Å². The molecule has 1 N–H and O–H groups in total. The lowest BCUT2D eigenvalue weighted by Gasteiger charge is -2.16. The zero-order valence-corrected chi connectivity index (χ0v) is 13.5. The zero-order chi connectivity index (χ0) is 16.4. The van der Waals surface area contributed by atoms with Crippen LogP contribution in [-0.2, 0) is 9.59 Å².